The fraction of sp³-hybridized carbons (Fsp3) is 0.0833. The molecule has 39 heavy (non-hydrogen) atoms. The summed E-state index contributed by atoms with van der Waals surface area (Å²) in [6, 6.07) is 12.3. The summed E-state index contributed by atoms with van der Waals surface area (Å²) in [5.74, 6) is -0.310. The minimum atomic E-state index is -4.33. The molecule has 0 saturated carbocycles. The molecule has 3 aromatic carbocycles. The fourth-order valence-corrected chi connectivity index (χ4v) is 6.22. The van der Waals surface area contributed by atoms with E-state index in [0.29, 0.717) is 34.9 Å². The lowest BCUT2D eigenvalue weighted by Gasteiger charge is -2.14. The third kappa shape index (κ3) is 7.03. The Hall–Kier alpha value is -2.85. The predicted octanol–water partition coefficient (Wildman–Crippen LogP) is 6.56. The van der Waals surface area contributed by atoms with Gasteiger partial charge < -0.3 is 14.2 Å². The average Bonchev–Trinajstić information content (AvgIpc) is 3.22. The number of nitro groups is 1. The van der Waals surface area contributed by atoms with E-state index in [1.165, 1.54) is 6.07 Å². The molecule has 202 valence electrons. The largest absolute Gasteiger partial charge is 0.490 e. The van der Waals surface area contributed by atoms with Crippen LogP contribution in [0, 0.1) is 13.7 Å². The molecule has 0 radical (unpaired) electrons. The van der Waals surface area contributed by atoms with Gasteiger partial charge in [0, 0.05) is 17.2 Å². The van der Waals surface area contributed by atoms with Crippen molar-refractivity contribution in [3.05, 3.63) is 88.8 Å². The Morgan fingerprint density at radius 3 is 2.54 bits per heavy atom. The minimum absolute atomic E-state index is 0.0562. The minimum Gasteiger partial charge on any atom is -0.490 e. The van der Waals surface area contributed by atoms with Gasteiger partial charge in [-0.15, -0.1) is 0 Å². The maximum absolute atomic E-state index is 12.9. The zero-order chi connectivity index (χ0) is 28.3. The molecular weight excluding hydrogens is 704 g/mol. The Bertz CT molecular complexity index is 1650. The van der Waals surface area contributed by atoms with Gasteiger partial charge in [0.1, 0.15) is 4.90 Å². The van der Waals surface area contributed by atoms with Crippen molar-refractivity contribution >= 4 is 96.2 Å². The van der Waals surface area contributed by atoms with Crippen LogP contribution in [0.2, 0.25) is 10.0 Å². The summed E-state index contributed by atoms with van der Waals surface area (Å²) >= 11 is 15.2. The first kappa shape index (κ1) is 29.1. The van der Waals surface area contributed by atoms with Crippen LogP contribution < -0.4 is 14.2 Å². The van der Waals surface area contributed by atoms with E-state index in [4.69, 9.17) is 32.1 Å². The number of aliphatic imine (C=N–C) groups is 1. The molecule has 10 nitrogen and oxygen atoms in total. The van der Waals surface area contributed by atoms with Crippen LogP contribution in [0.1, 0.15) is 12.5 Å². The summed E-state index contributed by atoms with van der Waals surface area (Å²) in [6.45, 7) is 1.92. The quantitative estimate of drug-likeness (QED) is 0.0909. The molecule has 0 bridgehead atoms. The molecule has 0 unspecified atom stereocenters. The number of ether oxygens (including phenoxy) is 1. The van der Waals surface area contributed by atoms with Crippen LogP contribution in [0.25, 0.3) is 6.08 Å². The topological polar surface area (TPSA) is 137 Å². The van der Waals surface area contributed by atoms with E-state index in [1.54, 1.807) is 37.3 Å². The summed E-state index contributed by atoms with van der Waals surface area (Å²) in [5, 5.41) is 14.7. The number of rotatable bonds is 8. The molecule has 0 aliphatic carbocycles. The molecule has 1 fully saturated rings. The first-order valence-electron chi connectivity index (χ1n) is 10.9. The summed E-state index contributed by atoms with van der Waals surface area (Å²) in [7, 11) is -4.33. The van der Waals surface area contributed by atoms with Crippen molar-refractivity contribution in [1.29, 1.82) is 0 Å². The molecular formula is C24H16Cl2IN3O7S2. The highest BCUT2D eigenvalue weighted by atomic mass is 127. The van der Waals surface area contributed by atoms with Gasteiger partial charge in [0.25, 0.3) is 11.6 Å². The Labute approximate surface area is 250 Å². The van der Waals surface area contributed by atoms with E-state index in [2.05, 4.69) is 10.3 Å². The Kier molecular flexibility index (Phi) is 9.06. The van der Waals surface area contributed by atoms with E-state index in [0.717, 1.165) is 36.0 Å². The molecule has 0 spiro atoms. The van der Waals surface area contributed by atoms with Gasteiger partial charge in [0.05, 0.1) is 30.7 Å². The molecule has 1 saturated heterocycles. The lowest BCUT2D eigenvalue weighted by atomic mass is 10.2. The number of amidine groups is 1. The predicted molar refractivity (Wildman–Crippen MR) is 159 cm³/mol. The van der Waals surface area contributed by atoms with Gasteiger partial charge in [-0.1, -0.05) is 23.2 Å². The molecule has 1 amide bonds. The molecule has 1 heterocycles. The Balaban J connectivity index is 1.62. The van der Waals surface area contributed by atoms with Crippen molar-refractivity contribution in [3.8, 4) is 11.5 Å². The Morgan fingerprint density at radius 2 is 1.87 bits per heavy atom. The van der Waals surface area contributed by atoms with E-state index >= 15 is 0 Å². The van der Waals surface area contributed by atoms with Gasteiger partial charge >= 0.3 is 10.1 Å². The molecule has 3 aromatic rings. The molecule has 1 aliphatic rings. The molecule has 1 N–H and O–H groups in total. The van der Waals surface area contributed by atoms with Crippen LogP contribution in [0.4, 0.5) is 11.4 Å². The smallest absolute Gasteiger partial charge is 0.339 e. The molecule has 15 heteroatoms. The highest BCUT2D eigenvalue weighted by Gasteiger charge is 2.26. The van der Waals surface area contributed by atoms with Crippen LogP contribution >= 0.6 is 57.6 Å². The van der Waals surface area contributed by atoms with Crippen LogP contribution in [-0.2, 0) is 14.9 Å². The number of non-ortho nitro benzene ring substituents is 1. The van der Waals surface area contributed by atoms with E-state index in [9.17, 15) is 23.3 Å². The van der Waals surface area contributed by atoms with Gasteiger partial charge in [0.15, 0.2) is 16.7 Å². The second-order valence-corrected chi connectivity index (χ2v) is 12.2. The van der Waals surface area contributed by atoms with Crippen LogP contribution in [0.3, 0.4) is 0 Å². The van der Waals surface area contributed by atoms with Gasteiger partial charge in [-0.25, -0.2) is 4.99 Å². The van der Waals surface area contributed by atoms with Gasteiger partial charge in [-0.2, -0.15) is 8.42 Å². The van der Waals surface area contributed by atoms with Gasteiger partial charge in [-0.3, -0.25) is 14.9 Å². The monoisotopic (exact) mass is 719 g/mol. The number of nitrogens with zero attached hydrogens (tertiary/aromatic N) is 2. The zero-order valence-corrected chi connectivity index (χ0v) is 25.0. The second kappa shape index (κ2) is 12.1. The summed E-state index contributed by atoms with van der Waals surface area (Å²) in [5.41, 5.74) is 0.688. The normalized spacial score (nSPS) is 15.4. The number of thioether (sulfide) groups is 1. The number of carbonyl (C=O) groups excluding carboxylic acids is 1. The van der Waals surface area contributed by atoms with E-state index in [1.807, 2.05) is 22.6 Å². The van der Waals surface area contributed by atoms with Crippen molar-refractivity contribution in [2.24, 2.45) is 4.99 Å². The fourth-order valence-electron chi connectivity index (χ4n) is 3.22. The summed E-state index contributed by atoms with van der Waals surface area (Å²) < 4.78 is 37.2. The number of nitrogens with one attached hydrogen (secondary N) is 1. The van der Waals surface area contributed by atoms with Crippen molar-refractivity contribution < 1.29 is 27.1 Å². The number of benzene rings is 3. The summed E-state index contributed by atoms with van der Waals surface area (Å²) in [4.78, 5) is 27.3. The number of hydrogen-bond acceptors (Lipinski definition) is 9. The number of halogens is 3. The first-order valence-corrected chi connectivity index (χ1v) is 14.9. The summed E-state index contributed by atoms with van der Waals surface area (Å²) in [6.07, 6.45) is 1.60. The molecule has 0 aromatic heterocycles. The van der Waals surface area contributed by atoms with Crippen molar-refractivity contribution in [2.45, 2.75) is 11.8 Å². The lowest BCUT2D eigenvalue weighted by molar-refractivity contribution is -0.384. The third-order valence-electron chi connectivity index (χ3n) is 4.94. The zero-order valence-electron chi connectivity index (χ0n) is 19.7. The van der Waals surface area contributed by atoms with Crippen molar-refractivity contribution in [1.82, 2.24) is 5.32 Å². The number of amides is 1. The van der Waals surface area contributed by atoms with Crippen molar-refractivity contribution in [3.63, 3.8) is 0 Å². The van der Waals surface area contributed by atoms with Crippen LogP contribution in [0.5, 0.6) is 11.5 Å². The van der Waals surface area contributed by atoms with Crippen molar-refractivity contribution in [2.75, 3.05) is 6.61 Å². The maximum atomic E-state index is 12.9. The number of carbonyl (C=O) groups is 1. The Morgan fingerprint density at radius 1 is 1.15 bits per heavy atom. The maximum Gasteiger partial charge on any atom is 0.339 e. The highest BCUT2D eigenvalue weighted by Crippen LogP contribution is 2.38. The average molecular weight is 720 g/mol. The molecule has 0 atom stereocenters. The van der Waals surface area contributed by atoms with Crippen LogP contribution in [-0.4, -0.2) is 31.0 Å². The standard InChI is InChI=1S/C24H16Cl2IN3O7S2/c1-2-36-20-10-13(11-21-23(31)29-24(38-21)28-19-12-14(25)3-8-17(19)26)9-18(27)22(20)37-39(34,35)16-6-4-15(5-7-16)30(32)33/h3-12H,2H2,1H3,(H,28,29,31)/b21-11+. The first-order chi connectivity index (χ1) is 18.5. The molecule has 1 aliphatic heterocycles. The number of nitro benzene ring substituents is 1. The van der Waals surface area contributed by atoms with Gasteiger partial charge in [0.2, 0.25) is 0 Å². The van der Waals surface area contributed by atoms with Gasteiger partial charge in [-0.05, 0) is 95.4 Å². The third-order valence-corrected chi connectivity index (χ3v) is 8.44. The number of hydrogen-bond donors (Lipinski definition) is 1. The van der Waals surface area contributed by atoms with E-state index in [-0.39, 0.29) is 34.6 Å². The highest BCUT2D eigenvalue weighted by molar-refractivity contribution is 14.1. The van der Waals surface area contributed by atoms with Crippen LogP contribution in [0.15, 0.2) is 69.4 Å². The lowest BCUT2D eigenvalue weighted by Crippen LogP contribution is -2.19. The SMILES string of the molecule is CCOc1cc(/C=C2/SC(=Nc3cc(Cl)ccc3Cl)NC2=O)cc(I)c1OS(=O)(=O)c1ccc([N+](=O)[O-])cc1. The van der Waals surface area contributed by atoms with E-state index < -0.39 is 15.0 Å². The molecule has 4 rings (SSSR count). The second-order valence-electron chi connectivity index (χ2n) is 7.63.